The zero-order valence-corrected chi connectivity index (χ0v) is 10.7. The van der Waals surface area contributed by atoms with Gasteiger partial charge in [-0.3, -0.25) is 4.79 Å². The molecule has 20 heavy (non-hydrogen) atoms. The van der Waals surface area contributed by atoms with Gasteiger partial charge in [0.2, 0.25) is 0 Å². The lowest BCUT2D eigenvalue weighted by molar-refractivity contribution is 0.0974. The zero-order chi connectivity index (χ0) is 14.1. The van der Waals surface area contributed by atoms with Crippen LogP contribution in [-0.2, 0) is 0 Å². The van der Waals surface area contributed by atoms with Crippen LogP contribution in [0.25, 0.3) is 0 Å². The van der Waals surface area contributed by atoms with Crippen LogP contribution in [0.5, 0.6) is 0 Å². The highest BCUT2D eigenvalue weighted by Crippen LogP contribution is 2.34. The Morgan fingerprint density at radius 1 is 1.15 bits per heavy atom. The van der Waals surface area contributed by atoms with Crippen LogP contribution in [0.1, 0.15) is 28.3 Å². The Labute approximate surface area is 115 Å². The molecule has 0 spiro atoms. The van der Waals surface area contributed by atoms with Crippen molar-refractivity contribution in [3.63, 3.8) is 0 Å². The minimum absolute atomic E-state index is 0.0463. The first-order valence-corrected chi connectivity index (χ1v) is 6.45. The smallest absolute Gasteiger partial charge is 0.163 e. The SMILES string of the molecule is O=C(CC1CNc2ccccc21)c1cc(F)cc(F)c1. The molecular formula is C16H13F2NO. The highest BCUT2D eigenvalue weighted by molar-refractivity contribution is 5.96. The molecule has 1 N–H and O–H groups in total. The number of carbonyl (C=O) groups excluding carboxylic acids is 1. The second-order valence-corrected chi connectivity index (χ2v) is 4.95. The number of para-hydroxylation sites is 1. The number of carbonyl (C=O) groups is 1. The molecule has 4 heteroatoms. The van der Waals surface area contributed by atoms with Crippen LogP contribution < -0.4 is 5.32 Å². The molecule has 0 aliphatic carbocycles. The summed E-state index contributed by atoms with van der Waals surface area (Å²) in [4.78, 5) is 12.2. The van der Waals surface area contributed by atoms with Crippen molar-refractivity contribution in [1.82, 2.24) is 0 Å². The molecule has 0 fully saturated rings. The van der Waals surface area contributed by atoms with Crippen molar-refractivity contribution >= 4 is 11.5 Å². The highest BCUT2D eigenvalue weighted by atomic mass is 19.1. The zero-order valence-electron chi connectivity index (χ0n) is 10.7. The Hall–Kier alpha value is -2.23. The van der Waals surface area contributed by atoms with Crippen molar-refractivity contribution in [3.8, 4) is 0 Å². The van der Waals surface area contributed by atoms with E-state index in [0.29, 0.717) is 6.54 Å². The number of halogens is 2. The molecule has 1 aliphatic heterocycles. The van der Waals surface area contributed by atoms with E-state index < -0.39 is 11.6 Å². The van der Waals surface area contributed by atoms with E-state index in [9.17, 15) is 13.6 Å². The Balaban J connectivity index is 1.80. The Kier molecular flexibility index (Phi) is 3.22. The fraction of sp³-hybridized carbons (Fsp3) is 0.188. The molecule has 0 amide bonds. The first kappa shape index (κ1) is 12.8. The number of fused-ring (bicyclic) bond motifs is 1. The summed E-state index contributed by atoms with van der Waals surface area (Å²) in [5.41, 5.74) is 2.19. The molecule has 3 rings (SSSR count). The van der Waals surface area contributed by atoms with Crippen molar-refractivity contribution in [2.24, 2.45) is 0 Å². The van der Waals surface area contributed by atoms with E-state index in [1.54, 1.807) is 0 Å². The predicted molar refractivity (Wildman–Crippen MR) is 73.0 cm³/mol. The van der Waals surface area contributed by atoms with Gasteiger partial charge in [-0.15, -0.1) is 0 Å². The molecular weight excluding hydrogens is 260 g/mol. The third kappa shape index (κ3) is 2.41. The number of Topliss-reactive ketones (excluding diaryl/α,β-unsaturated/α-hetero) is 1. The van der Waals surface area contributed by atoms with E-state index in [-0.39, 0.29) is 23.7 Å². The fourth-order valence-corrected chi connectivity index (χ4v) is 2.60. The summed E-state index contributed by atoms with van der Waals surface area (Å²) in [7, 11) is 0. The van der Waals surface area contributed by atoms with Gasteiger partial charge in [0.25, 0.3) is 0 Å². The van der Waals surface area contributed by atoms with Crippen molar-refractivity contribution in [1.29, 1.82) is 0 Å². The van der Waals surface area contributed by atoms with Gasteiger partial charge in [0.15, 0.2) is 5.78 Å². The largest absolute Gasteiger partial charge is 0.384 e. The molecule has 102 valence electrons. The summed E-state index contributed by atoms with van der Waals surface area (Å²) in [6, 6.07) is 10.7. The average molecular weight is 273 g/mol. The molecule has 0 saturated carbocycles. The summed E-state index contributed by atoms with van der Waals surface area (Å²) in [5, 5.41) is 3.23. The predicted octanol–water partition coefficient (Wildman–Crippen LogP) is 3.75. The summed E-state index contributed by atoms with van der Waals surface area (Å²) < 4.78 is 26.3. The molecule has 2 aromatic rings. The third-order valence-electron chi connectivity index (χ3n) is 3.56. The Morgan fingerprint density at radius 2 is 1.85 bits per heavy atom. The molecule has 1 atom stereocenters. The normalized spacial score (nSPS) is 16.6. The van der Waals surface area contributed by atoms with Gasteiger partial charge in [0.1, 0.15) is 11.6 Å². The first-order valence-electron chi connectivity index (χ1n) is 6.45. The highest BCUT2D eigenvalue weighted by Gasteiger charge is 2.24. The van der Waals surface area contributed by atoms with Gasteiger partial charge in [-0.05, 0) is 23.8 Å². The van der Waals surface area contributed by atoms with Gasteiger partial charge in [0.05, 0.1) is 0 Å². The first-order chi connectivity index (χ1) is 9.63. The summed E-state index contributed by atoms with van der Waals surface area (Å²) >= 11 is 0. The molecule has 2 aromatic carbocycles. The molecule has 2 nitrogen and oxygen atoms in total. The maximum Gasteiger partial charge on any atom is 0.163 e. The molecule has 0 saturated heterocycles. The minimum Gasteiger partial charge on any atom is -0.384 e. The van der Waals surface area contributed by atoms with Gasteiger partial charge in [-0.2, -0.15) is 0 Å². The van der Waals surface area contributed by atoms with E-state index >= 15 is 0 Å². The monoisotopic (exact) mass is 273 g/mol. The molecule has 1 heterocycles. The van der Waals surface area contributed by atoms with Gasteiger partial charge < -0.3 is 5.32 Å². The summed E-state index contributed by atoms with van der Waals surface area (Å²) in [6.07, 6.45) is 0.243. The number of benzene rings is 2. The fourth-order valence-electron chi connectivity index (χ4n) is 2.60. The van der Waals surface area contributed by atoms with Crippen LogP contribution in [0.15, 0.2) is 42.5 Å². The second-order valence-electron chi connectivity index (χ2n) is 4.95. The second kappa shape index (κ2) is 5.04. The molecule has 0 bridgehead atoms. The summed E-state index contributed by atoms with van der Waals surface area (Å²) in [6.45, 7) is 0.670. The third-order valence-corrected chi connectivity index (χ3v) is 3.56. The van der Waals surface area contributed by atoms with Crippen LogP contribution >= 0.6 is 0 Å². The number of hydrogen-bond donors (Lipinski definition) is 1. The van der Waals surface area contributed by atoms with Crippen molar-refractivity contribution in [3.05, 3.63) is 65.2 Å². The van der Waals surface area contributed by atoms with Crippen LogP contribution in [-0.4, -0.2) is 12.3 Å². The maximum atomic E-state index is 13.1. The summed E-state index contributed by atoms with van der Waals surface area (Å²) in [5.74, 6) is -1.64. The van der Waals surface area contributed by atoms with Crippen molar-refractivity contribution < 1.29 is 13.6 Å². The number of anilines is 1. The van der Waals surface area contributed by atoms with Gasteiger partial charge in [-0.1, -0.05) is 18.2 Å². The van der Waals surface area contributed by atoms with Crippen molar-refractivity contribution in [2.75, 3.05) is 11.9 Å². The molecule has 1 aliphatic rings. The standard InChI is InChI=1S/C16H13F2NO/c17-12-5-10(6-13(18)8-12)16(20)7-11-9-19-15-4-2-1-3-14(11)15/h1-6,8,11,19H,7,9H2. The van der Waals surface area contributed by atoms with Gasteiger partial charge >= 0.3 is 0 Å². The number of rotatable bonds is 3. The molecule has 1 unspecified atom stereocenters. The van der Waals surface area contributed by atoms with Gasteiger partial charge in [-0.25, -0.2) is 8.78 Å². The maximum absolute atomic E-state index is 13.1. The molecule has 0 radical (unpaired) electrons. The van der Waals surface area contributed by atoms with Crippen molar-refractivity contribution in [2.45, 2.75) is 12.3 Å². The molecule has 0 aromatic heterocycles. The van der Waals surface area contributed by atoms with Crippen LogP contribution in [0.3, 0.4) is 0 Å². The lowest BCUT2D eigenvalue weighted by Crippen LogP contribution is -2.10. The minimum atomic E-state index is -0.724. The number of hydrogen-bond acceptors (Lipinski definition) is 2. The van der Waals surface area contributed by atoms with E-state index in [0.717, 1.165) is 29.4 Å². The topological polar surface area (TPSA) is 29.1 Å². The number of nitrogens with one attached hydrogen (secondary N) is 1. The van der Waals surface area contributed by atoms with E-state index in [1.165, 1.54) is 0 Å². The van der Waals surface area contributed by atoms with E-state index in [2.05, 4.69) is 5.32 Å². The quantitative estimate of drug-likeness (QED) is 0.863. The van der Waals surface area contributed by atoms with Crippen LogP contribution in [0.4, 0.5) is 14.5 Å². The lowest BCUT2D eigenvalue weighted by Gasteiger charge is -2.09. The Bertz CT molecular complexity index is 649. The van der Waals surface area contributed by atoms with E-state index in [4.69, 9.17) is 0 Å². The van der Waals surface area contributed by atoms with Crippen LogP contribution in [0, 0.1) is 11.6 Å². The number of ketones is 1. The van der Waals surface area contributed by atoms with Crippen LogP contribution in [0.2, 0.25) is 0 Å². The lowest BCUT2D eigenvalue weighted by atomic mass is 9.93. The average Bonchev–Trinajstić information content (AvgIpc) is 2.81. The van der Waals surface area contributed by atoms with Gasteiger partial charge in [0, 0.05) is 36.2 Å². The van der Waals surface area contributed by atoms with E-state index in [1.807, 2.05) is 24.3 Å². The Morgan fingerprint density at radius 3 is 2.60 bits per heavy atom.